The summed E-state index contributed by atoms with van der Waals surface area (Å²) in [5, 5.41) is 0.571. The molecular weight excluding hydrogens is 247 g/mol. The van der Waals surface area contributed by atoms with E-state index in [1.54, 1.807) is 23.1 Å². The van der Waals surface area contributed by atoms with Gasteiger partial charge in [0.05, 0.1) is 11.4 Å². The zero-order chi connectivity index (χ0) is 11.7. The monoisotopic (exact) mass is 258 g/mol. The highest BCUT2D eigenvalue weighted by Gasteiger charge is 2.30. The number of benzene rings is 1. The SMILES string of the molecule is Nc1cc(Cl)ccc1N1CC(CCl)CC1=O. The fourth-order valence-electron chi connectivity index (χ4n) is 1.89. The van der Waals surface area contributed by atoms with E-state index in [0.717, 1.165) is 5.69 Å². The number of nitrogen functional groups attached to an aromatic ring is 1. The van der Waals surface area contributed by atoms with Crippen molar-refractivity contribution in [3.63, 3.8) is 0 Å². The Morgan fingerprint density at radius 3 is 2.81 bits per heavy atom. The summed E-state index contributed by atoms with van der Waals surface area (Å²) >= 11 is 11.6. The maximum absolute atomic E-state index is 11.8. The molecule has 1 heterocycles. The van der Waals surface area contributed by atoms with Crippen LogP contribution in [0.3, 0.4) is 0 Å². The molecule has 2 N–H and O–H groups in total. The molecule has 5 heteroatoms. The molecular formula is C11H12Cl2N2O. The Morgan fingerprint density at radius 1 is 1.50 bits per heavy atom. The van der Waals surface area contributed by atoms with Gasteiger partial charge in [-0.05, 0) is 24.1 Å². The van der Waals surface area contributed by atoms with Crippen LogP contribution in [0.25, 0.3) is 0 Å². The van der Waals surface area contributed by atoms with Crippen molar-refractivity contribution in [3.05, 3.63) is 23.2 Å². The molecule has 0 bridgehead atoms. The van der Waals surface area contributed by atoms with Crippen molar-refractivity contribution in [2.45, 2.75) is 6.42 Å². The van der Waals surface area contributed by atoms with Gasteiger partial charge in [-0.3, -0.25) is 4.79 Å². The standard InChI is InChI=1S/C11H12Cl2N2O/c12-5-7-3-11(16)15(6-7)10-2-1-8(13)4-9(10)14/h1-2,4,7H,3,5-6,14H2. The number of alkyl halides is 1. The molecule has 3 nitrogen and oxygen atoms in total. The normalized spacial score (nSPS) is 20.5. The Labute approximate surface area is 104 Å². The third-order valence-electron chi connectivity index (χ3n) is 2.70. The van der Waals surface area contributed by atoms with Crippen LogP contribution in [0.15, 0.2) is 18.2 Å². The van der Waals surface area contributed by atoms with Crippen LogP contribution in [-0.4, -0.2) is 18.3 Å². The van der Waals surface area contributed by atoms with E-state index in [2.05, 4.69) is 0 Å². The smallest absolute Gasteiger partial charge is 0.227 e. The number of rotatable bonds is 2. The molecule has 0 aliphatic carbocycles. The first kappa shape index (κ1) is 11.6. The zero-order valence-corrected chi connectivity index (χ0v) is 10.1. The number of carbonyl (C=O) groups is 1. The van der Waals surface area contributed by atoms with E-state index in [-0.39, 0.29) is 11.8 Å². The Hall–Kier alpha value is -0.930. The summed E-state index contributed by atoms with van der Waals surface area (Å²) in [5.74, 6) is 0.777. The summed E-state index contributed by atoms with van der Waals surface area (Å²) in [4.78, 5) is 13.4. The zero-order valence-electron chi connectivity index (χ0n) is 8.62. The van der Waals surface area contributed by atoms with E-state index in [9.17, 15) is 4.79 Å². The van der Waals surface area contributed by atoms with Crippen molar-refractivity contribution in [1.29, 1.82) is 0 Å². The van der Waals surface area contributed by atoms with E-state index < -0.39 is 0 Å². The van der Waals surface area contributed by atoms with Gasteiger partial charge >= 0.3 is 0 Å². The number of nitrogens with zero attached hydrogens (tertiary/aromatic N) is 1. The fourth-order valence-corrected chi connectivity index (χ4v) is 2.28. The Bertz CT molecular complexity index is 422. The number of anilines is 2. The molecule has 1 amide bonds. The summed E-state index contributed by atoms with van der Waals surface area (Å²) in [7, 11) is 0. The first-order valence-electron chi connectivity index (χ1n) is 5.03. The lowest BCUT2D eigenvalue weighted by atomic mass is 10.1. The third kappa shape index (κ3) is 2.11. The number of carbonyl (C=O) groups excluding carboxylic acids is 1. The van der Waals surface area contributed by atoms with Gasteiger partial charge in [0.1, 0.15) is 0 Å². The number of hydrogen-bond donors (Lipinski definition) is 1. The van der Waals surface area contributed by atoms with Crippen molar-refractivity contribution in [1.82, 2.24) is 0 Å². The molecule has 1 fully saturated rings. The summed E-state index contributed by atoms with van der Waals surface area (Å²) in [6.07, 6.45) is 0.492. The van der Waals surface area contributed by atoms with Crippen molar-refractivity contribution in [3.8, 4) is 0 Å². The molecule has 16 heavy (non-hydrogen) atoms. The highest BCUT2D eigenvalue weighted by molar-refractivity contribution is 6.31. The molecule has 0 aromatic heterocycles. The minimum Gasteiger partial charge on any atom is -0.397 e. The van der Waals surface area contributed by atoms with Gasteiger partial charge < -0.3 is 10.6 Å². The predicted molar refractivity (Wildman–Crippen MR) is 67.0 cm³/mol. The number of amides is 1. The lowest BCUT2D eigenvalue weighted by molar-refractivity contribution is -0.117. The molecule has 1 atom stereocenters. The summed E-state index contributed by atoms with van der Waals surface area (Å²) in [6.45, 7) is 0.633. The lowest BCUT2D eigenvalue weighted by Crippen LogP contribution is -2.25. The van der Waals surface area contributed by atoms with Crippen LogP contribution in [0, 0.1) is 5.92 Å². The van der Waals surface area contributed by atoms with Gasteiger partial charge in [-0.15, -0.1) is 11.6 Å². The van der Waals surface area contributed by atoms with Gasteiger partial charge in [0.2, 0.25) is 5.91 Å². The van der Waals surface area contributed by atoms with Crippen LogP contribution in [-0.2, 0) is 4.79 Å². The second kappa shape index (κ2) is 4.52. The molecule has 1 aliphatic heterocycles. The molecule has 1 aliphatic rings. The third-order valence-corrected chi connectivity index (χ3v) is 3.38. The van der Waals surface area contributed by atoms with Crippen LogP contribution >= 0.6 is 23.2 Å². The molecule has 1 aromatic rings. The van der Waals surface area contributed by atoms with Crippen LogP contribution in [0.1, 0.15) is 6.42 Å². The minimum atomic E-state index is 0.0691. The highest BCUT2D eigenvalue weighted by Crippen LogP contribution is 2.31. The van der Waals surface area contributed by atoms with Crippen LogP contribution in [0.5, 0.6) is 0 Å². The van der Waals surface area contributed by atoms with Crippen LogP contribution in [0.2, 0.25) is 5.02 Å². The topological polar surface area (TPSA) is 46.3 Å². The van der Waals surface area contributed by atoms with Crippen molar-refractivity contribution >= 4 is 40.5 Å². The molecule has 0 saturated carbocycles. The molecule has 0 radical (unpaired) electrons. The van der Waals surface area contributed by atoms with Crippen LogP contribution in [0.4, 0.5) is 11.4 Å². The molecule has 0 spiro atoms. The maximum Gasteiger partial charge on any atom is 0.227 e. The first-order chi connectivity index (χ1) is 7.61. The first-order valence-corrected chi connectivity index (χ1v) is 5.94. The van der Waals surface area contributed by atoms with E-state index in [1.165, 1.54) is 0 Å². The second-order valence-electron chi connectivity index (χ2n) is 3.93. The molecule has 1 unspecified atom stereocenters. The summed E-state index contributed by atoms with van der Waals surface area (Å²) in [5.41, 5.74) is 7.09. The molecule has 1 aromatic carbocycles. The number of nitrogens with two attached hydrogens (primary N) is 1. The van der Waals surface area contributed by atoms with Crippen molar-refractivity contribution in [2.24, 2.45) is 5.92 Å². The summed E-state index contributed by atoms with van der Waals surface area (Å²) in [6, 6.07) is 5.15. The Balaban J connectivity index is 2.28. The highest BCUT2D eigenvalue weighted by atomic mass is 35.5. The molecule has 86 valence electrons. The maximum atomic E-state index is 11.8. The van der Waals surface area contributed by atoms with Gasteiger partial charge in [0.15, 0.2) is 0 Å². The van der Waals surface area contributed by atoms with E-state index in [1.807, 2.05) is 0 Å². The Morgan fingerprint density at radius 2 is 2.25 bits per heavy atom. The number of hydrogen-bond acceptors (Lipinski definition) is 2. The Kier molecular flexibility index (Phi) is 3.26. The van der Waals surface area contributed by atoms with Gasteiger partial charge in [0, 0.05) is 23.9 Å². The average Bonchev–Trinajstić information content (AvgIpc) is 2.60. The van der Waals surface area contributed by atoms with E-state index in [0.29, 0.717) is 29.6 Å². The van der Waals surface area contributed by atoms with Gasteiger partial charge in [0.25, 0.3) is 0 Å². The molecule has 2 rings (SSSR count). The fraction of sp³-hybridized carbons (Fsp3) is 0.364. The van der Waals surface area contributed by atoms with Crippen molar-refractivity contribution in [2.75, 3.05) is 23.1 Å². The largest absolute Gasteiger partial charge is 0.397 e. The minimum absolute atomic E-state index is 0.0691. The lowest BCUT2D eigenvalue weighted by Gasteiger charge is -2.18. The van der Waals surface area contributed by atoms with E-state index >= 15 is 0 Å². The number of halogens is 2. The average molecular weight is 259 g/mol. The van der Waals surface area contributed by atoms with Gasteiger partial charge in [-0.2, -0.15) is 0 Å². The molecule has 1 saturated heterocycles. The van der Waals surface area contributed by atoms with Gasteiger partial charge in [-0.1, -0.05) is 11.6 Å². The second-order valence-corrected chi connectivity index (χ2v) is 4.68. The van der Waals surface area contributed by atoms with E-state index in [4.69, 9.17) is 28.9 Å². The van der Waals surface area contributed by atoms with Crippen molar-refractivity contribution < 1.29 is 4.79 Å². The predicted octanol–water partition coefficient (Wildman–Crippen LogP) is 2.51. The summed E-state index contributed by atoms with van der Waals surface area (Å²) < 4.78 is 0. The van der Waals surface area contributed by atoms with Crippen LogP contribution < -0.4 is 10.6 Å². The van der Waals surface area contributed by atoms with Gasteiger partial charge in [-0.25, -0.2) is 0 Å². The quantitative estimate of drug-likeness (QED) is 0.655.